The highest BCUT2D eigenvalue weighted by Crippen LogP contribution is 2.21. The average molecular weight is 276 g/mol. The van der Waals surface area contributed by atoms with E-state index in [1.807, 2.05) is 13.8 Å². The van der Waals surface area contributed by atoms with Crippen LogP contribution in [0.5, 0.6) is 0 Å². The van der Waals surface area contributed by atoms with Crippen LogP contribution in [0, 0.1) is 5.82 Å². The number of benzene rings is 1. The molecule has 0 saturated heterocycles. The van der Waals surface area contributed by atoms with Crippen molar-refractivity contribution in [2.45, 2.75) is 26.0 Å². The fraction of sp³-hybridized carbons (Fsp3) is 0.455. The summed E-state index contributed by atoms with van der Waals surface area (Å²) in [4.78, 5) is 0. The Morgan fingerprint density at radius 1 is 1.47 bits per heavy atom. The van der Waals surface area contributed by atoms with Crippen LogP contribution in [0.1, 0.15) is 25.5 Å². The summed E-state index contributed by atoms with van der Waals surface area (Å²) in [6, 6.07) is 4.86. The molecule has 0 aliphatic rings. The smallest absolute Gasteiger partial charge is 0.137 e. The van der Waals surface area contributed by atoms with Gasteiger partial charge in [0.2, 0.25) is 0 Å². The fourth-order valence-corrected chi connectivity index (χ4v) is 1.58. The first-order valence-corrected chi connectivity index (χ1v) is 5.66. The van der Waals surface area contributed by atoms with Crippen molar-refractivity contribution in [2.24, 2.45) is 0 Å². The predicted octanol–water partition coefficient (Wildman–Crippen LogP) is 2.62. The zero-order chi connectivity index (χ0) is 11.4. The monoisotopic (exact) mass is 275 g/mol. The van der Waals surface area contributed by atoms with E-state index < -0.39 is 6.10 Å². The summed E-state index contributed by atoms with van der Waals surface area (Å²) in [6.45, 7) is 4.48. The normalized spacial score (nSPS) is 13.2. The second-order valence-corrected chi connectivity index (χ2v) is 4.61. The summed E-state index contributed by atoms with van der Waals surface area (Å²) in [5.41, 5.74) is 0.705. The number of hydrogen-bond acceptors (Lipinski definition) is 2. The lowest BCUT2D eigenvalue weighted by Crippen LogP contribution is -2.27. The molecule has 1 aromatic carbocycles. The van der Waals surface area contributed by atoms with Gasteiger partial charge in [-0.1, -0.05) is 19.9 Å². The van der Waals surface area contributed by atoms with Gasteiger partial charge in [-0.25, -0.2) is 4.39 Å². The van der Waals surface area contributed by atoms with Crippen molar-refractivity contribution in [1.29, 1.82) is 0 Å². The third-order valence-electron chi connectivity index (χ3n) is 2.05. The molecule has 4 heteroatoms. The quantitative estimate of drug-likeness (QED) is 0.886. The van der Waals surface area contributed by atoms with Crippen LogP contribution < -0.4 is 5.32 Å². The maximum absolute atomic E-state index is 12.9. The molecule has 0 aliphatic carbocycles. The summed E-state index contributed by atoms with van der Waals surface area (Å²) in [5.74, 6) is -0.317. The molecule has 1 rings (SSSR count). The zero-order valence-corrected chi connectivity index (χ0v) is 10.4. The van der Waals surface area contributed by atoms with Crippen LogP contribution in [-0.4, -0.2) is 17.7 Å². The van der Waals surface area contributed by atoms with Crippen LogP contribution in [-0.2, 0) is 0 Å². The van der Waals surface area contributed by atoms with Gasteiger partial charge in [-0.15, -0.1) is 0 Å². The Bertz CT molecular complexity index is 330. The molecule has 1 unspecified atom stereocenters. The molecule has 0 amide bonds. The van der Waals surface area contributed by atoms with Gasteiger partial charge in [0.1, 0.15) is 5.82 Å². The number of nitrogens with one attached hydrogen (secondary N) is 1. The molecule has 84 valence electrons. The summed E-state index contributed by atoms with van der Waals surface area (Å²) in [5, 5.41) is 12.9. The van der Waals surface area contributed by atoms with Gasteiger partial charge in [0.15, 0.2) is 0 Å². The van der Waals surface area contributed by atoms with Crippen LogP contribution >= 0.6 is 15.9 Å². The van der Waals surface area contributed by atoms with Gasteiger partial charge in [0.25, 0.3) is 0 Å². The molecule has 0 heterocycles. The maximum atomic E-state index is 12.9. The third kappa shape index (κ3) is 3.89. The molecular formula is C11H15BrFNO. The Labute approximate surface area is 97.6 Å². The Hall–Kier alpha value is -0.450. The summed E-state index contributed by atoms with van der Waals surface area (Å²) in [6.07, 6.45) is -0.607. The minimum absolute atomic E-state index is 0.317. The van der Waals surface area contributed by atoms with Crippen molar-refractivity contribution in [3.8, 4) is 0 Å². The first kappa shape index (κ1) is 12.6. The number of halogens is 2. The molecule has 2 nitrogen and oxygen atoms in total. The van der Waals surface area contributed by atoms with E-state index in [0.29, 0.717) is 22.6 Å². The van der Waals surface area contributed by atoms with Gasteiger partial charge in [-0.05, 0) is 33.6 Å². The first-order valence-electron chi connectivity index (χ1n) is 4.87. The lowest BCUT2D eigenvalue weighted by Gasteiger charge is -2.14. The van der Waals surface area contributed by atoms with Crippen LogP contribution in [0.4, 0.5) is 4.39 Å². The molecule has 0 saturated carbocycles. The maximum Gasteiger partial charge on any atom is 0.137 e. The second-order valence-electron chi connectivity index (χ2n) is 3.75. The zero-order valence-electron chi connectivity index (χ0n) is 8.80. The SMILES string of the molecule is CC(C)NCC(O)c1ccc(F)c(Br)c1. The molecule has 15 heavy (non-hydrogen) atoms. The predicted molar refractivity (Wildman–Crippen MR) is 62.2 cm³/mol. The number of aliphatic hydroxyl groups is 1. The van der Waals surface area contributed by atoms with E-state index in [4.69, 9.17) is 0 Å². The minimum atomic E-state index is -0.607. The Balaban J connectivity index is 2.65. The van der Waals surface area contributed by atoms with E-state index >= 15 is 0 Å². The lowest BCUT2D eigenvalue weighted by atomic mass is 10.1. The van der Waals surface area contributed by atoms with Gasteiger partial charge < -0.3 is 10.4 Å². The van der Waals surface area contributed by atoms with Gasteiger partial charge in [-0.3, -0.25) is 0 Å². The molecule has 0 spiro atoms. The number of rotatable bonds is 4. The molecule has 2 N–H and O–H groups in total. The highest BCUT2D eigenvalue weighted by Gasteiger charge is 2.09. The highest BCUT2D eigenvalue weighted by molar-refractivity contribution is 9.10. The van der Waals surface area contributed by atoms with Gasteiger partial charge in [0.05, 0.1) is 10.6 Å². The number of aliphatic hydroxyl groups excluding tert-OH is 1. The molecule has 0 fully saturated rings. The minimum Gasteiger partial charge on any atom is -0.387 e. The second kappa shape index (κ2) is 5.58. The van der Waals surface area contributed by atoms with Crippen molar-refractivity contribution < 1.29 is 9.50 Å². The van der Waals surface area contributed by atoms with E-state index in [1.54, 1.807) is 12.1 Å². The van der Waals surface area contributed by atoms with Crippen LogP contribution in [0.15, 0.2) is 22.7 Å². The molecule has 0 aromatic heterocycles. The van der Waals surface area contributed by atoms with Crippen molar-refractivity contribution in [3.05, 3.63) is 34.1 Å². The van der Waals surface area contributed by atoms with Crippen molar-refractivity contribution >= 4 is 15.9 Å². The Morgan fingerprint density at radius 3 is 2.67 bits per heavy atom. The molecular weight excluding hydrogens is 261 g/mol. The molecule has 0 bridgehead atoms. The number of hydrogen-bond donors (Lipinski definition) is 2. The van der Waals surface area contributed by atoms with E-state index in [0.717, 1.165) is 0 Å². The van der Waals surface area contributed by atoms with Crippen molar-refractivity contribution in [3.63, 3.8) is 0 Å². The Kier molecular flexibility index (Phi) is 4.70. The summed E-state index contributed by atoms with van der Waals surface area (Å²) < 4.78 is 13.3. The first-order chi connectivity index (χ1) is 7.00. The van der Waals surface area contributed by atoms with Crippen LogP contribution in [0.3, 0.4) is 0 Å². The highest BCUT2D eigenvalue weighted by atomic mass is 79.9. The van der Waals surface area contributed by atoms with Gasteiger partial charge >= 0.3 is 0 Å². The van der Waals surface area contributed by atoms with E-state index in [1.165, 1.54) is 6.07 Å². The van der Waals surface area contributed by atoms with E-state index in [-0.39, 0.29) is 5.82 Å². The van der Waals surface area contributed by atoms with Crippen molar-refractivity contribution in [1.82, 2.24) is 5.32 Å². The van der Waals surface area contributed by atoms with Crippen LogP contribution in [0.25, 0.3) is 0 Å². The molecule has 1 aromatic rings. The summed E-state index contributed by atoms with van der Waals surface area (Å²) >= 11 is 3.09. The van der Waals surface area contributed by atoms with E-state index in [9.17, 15) is 9.50 Å². The fourth-order valence-electron chi connectivity index (χ4n) is 1.18. The van der Waals surface area contributed by atoms with Crippen LogP contribution in [0.2, 0.25) is 0 Å². The largest absolute Gasteiger partial charge is 0.387 e. The lowest BCUT2D eigenvalue weighted by molar-refractivity contribution is 0.171. The topological polar surface area (TPSA) is 32.3 Å². The van der Waals surface area contributed by atoms with Gasteiger partial charge in [0, 0.05) is 12.6 Å². The van der Waals surface area contributed by atoms with Crippen molar-refractivity contribution in [2.75, 3.05) is 6.54 Å². The van der Waals surface area contributed by atoms with Gasteiger partial charge in [-0.2, -0.15) is 0 Å². The Morgan fingerprint density at radius 2 is 2.13 bits per heavy atom. The molecule has 1 atom stereocenters. The third-order valence-corrected chi connectivity index (χ3v) is 2.66. The average Bonchev–Trinajstić information content (AvgIpc) is 2.18. The molecule has 0 radical (unpaired) electrons. The summed E-state index contributed by atoms with van der Waals surface area (Å²) in [7, 11) is 0. The standard InChI is InChI=1S/C11H15BrFNO/c1-7(2)14-6-11(15)8-3-4-10(13)9(12)5-8/h3-5,7,11,14-15H,6H2,1-2H3. The van der Waals surface area contributed by atoms with E-state index in [2.05, 4.69) is 21.2 Å². The molecule has 0 aliphatic heterocycles.